The summed E-state index contributed by atoms with van der Waals surface area (Å²) >= 11 is 0. The maximum absolute atomic E-state index is 13.7. The summed E-state index contributed by atoms with van der Waals surface area (Å²) in [7, 11) is 0. The van der Waals surface area contributed by atoms with Crippen LogP contribution in [0.15, 0.2) is 84.1 Å². The average Bonchev–Trinajstić information content (AvgIpc) is 2.98. The highest BCUT2D eigenvalue weighted by Crippen LogP contribution is 2.48. The summed E-state index contributed by atoms with van der Waals surface area (Å²) in [5.74, 6) is 0.782. The van der Waals surface area contributed by atoms with Crippen molar-refractivity contribution in [3.05, 3.63) is 101 Å². The van der Waals surface area contributed by atoms with E-state index in [-0.39, 0.29) is 5.82 Å². The van der Waals surface area contributed by atoms with Crippen molar-refractivity contribution in [2.45, 2.75) is 129 Å². The molecule has 0 N–H and O–H groups in total. The van der Waals surface area contributed by atoms with E-state index in [0.717, 1.165) is 24.9 Å². The number of aryl methyl sites for hydroxylation is 1. The van der Waals surface area contributed by atoms with Crippen molar-refractivity contribution in [2.75, 3.05) is 4.90 Å². The number of nitrogens with zero attached hydrogens (tertiary/aromatic N) is 1. The Morgan fingerprint density at radius 3 is 2.07 bits per heavy atom. The Balaban J connectivity index is 1.32. The molecule has 1 aliphatic heterocycles. The molecule has 2 aliphatic rings. The number of benzene rings is 2. The van der Waals surface area contributed by atoms with E-state index in [1.165, 1.54) is 99.4 Å². The lowest BCUT2D eigenvalue weighted by Gasteiger charge is -2.53. The molecule has 1 aliphatic carbocycles. The van der Waals surface area contributed by atoms with Gasteiger partial charge < -0.3 is 4.90 Å². The summed E-state index contributed by atoms with van der Waals surface area (Å²) in [5, 5.41) is 0. The zero-order chi connectivity index (χ0) is 29.0. The molecule has 1 fully saturated rings. The molecule has 0 saturated carbocycles. The van der Waals surface area contributed by atoms with Gasteiger partial charge in [-0.15, -0.1) is 0 Å². The Kier molecular flexibility index (Phi) is 12.3. The summed E-state index contributed by atoms with van der Waals surface area (Å²) in [5.41, 5.74) is 8.10. The van der Waals surface area contributed by atoms with Crippen LogP contribution in [0.2, 0.25) is 0 Å². The second kappa shape index (κ2) is 16.1. The molecule has 1 saturated heterocycles. The first-order chi connectivity index (χ1) is 20.0. The number of unbranched alkanes of at least 4 members (excludes halogenated alkanes) is 9. The Hall–Kier alpha value is -2.61. The zero-order valence-electron chi connectivity index (χ0n) is 26.1. The first-order valence-electron chi connectivity index (χ1n) is 16.7. The summed E-state index contributed by atoms with van der Waals surface area (Å²) in [6.07, 6.45) is 24.6. The van der Waals surface area contributed by atoms with Crippen molar-refractivity contribution in [2.24, 2.45) is 5.92 Å². The quantitative estimate of drug-likeness (QED) is 0.175. The highest BCUT2D eigenvalue weighted by atomic mass is 19.1. The van der Waals surface area contributed by atoms with Crippen LogP contribution >= 0.6 is 0 Å². The van der Waals surface area contributed by atoms with Gasteiger partial charge in [0, 0.05) is 17.3 Å². The van der Waals surface area contributed by atoms with Crippen LogP contribution in [0.3, 0.4) is 0 Å². The predicted octanol–water partition coefficient (Wildman–Crippen LogP) is 12.0. The van der Waals surface area contributed by atoms with Crippen molar-refractivity contribution < 1.29 is 4.39 Å². The third kappa shape index (κ3) is 8.94. The molecule has 0 aromatic heterocycles. The maximum atomic E-state index is 13.7. The van der Waals surface area contributed by atoms with E-state index in [4.69, 9.17) is 0 Å². The molecule has 222 valence electrons. The third-order valence-electron chi connectivity index (χ3n) is 9.56. The Morgan fingerprint density at radius 1 is 0.829 bits per heavy atom. The van der Waals surface area contributed by atoms with Gasteiger partial charge in [0.1, 0.15) is 5.82 Å². The van der Waals surface area contributed by atoms with Crippen LogP contribution in [-0.2, 0) is 0 Å². The highest BCUT2D eigenvalue weighted by molar-refractivity contribution is 5.62. The minimum Gasteiger partial charge on any atom is -0.337 e. The van der Waals surface area contributed by atoms with Gasteiger partial charge in [-0.3, -0.25) is 0 Å². The minimum atomic E-state index is -0.184. The van der Waals surface area contributed by atoms with Crippen LogP contribution in [0.5, 0.6) is 0 Å². The van der Waals surface area contributed by atoms with Gasteiger partial charge in [0.2, 0.25) is 0 Å². The Morgan fingerprint density at radius 2 is 1.46 bits per heavy atom. The van der Waals surface area contributed by atoms with Crippen molar-refractivity contribution in [3.8, 4) is 0 Å². The molecule has 4 rings (SSSR count). The normalized spacial score (nSPS) is 19.5. The average molecular weight is 556 g/mol. The Bertz CT molecular complexity index is 1140. The van der Waals surface area contributed by atoms with Crippen LogP contribution in [0, 0.1) is 18.7 Å². The van der Waals surface area contributed by atoms with E-state index in [1.54, 1.807) is 17.7 Å². The second-order valence-electron chi connectivity index (χ2n) is 12.8. The number of hydrogen-bond acceptors (Lipinski definition) is 1. The molecule has 2 aromatic carbocycles. The van der Waals surface area contributed by atoms with Crippen molar-refractivity contribution in [1.82, 2.24) is 0 Å². The van der Waals surface area contributed by atoms with Gasteiger partial charge in [-0.05, 0) is 86.8 Å². The largest absolute Gasteiger partial charge is 0.337 e. The fourth-order valence-corrected chi connectivity index (χ4v) is 6.80. The van der Waals surface area contributed by atoms with Gasteiger partial charge in [0.25, 0.3) is 0 Å². The molecule has 1 heterocycles. The second-order valence-corrected chi connectivity index (χ2v) is 12.8. The third-order valence-corrected chi connectivity index (χ3v) is 9.56. The molecular weight excluding hydrogens is 501 g/mol. The number of hydrogen-bond donors (Lipinski definition) is 0. The lowest BCUT2D eigenvalue weighted by molar-refractivity contribution is 0.354. The highest BCUT2D eigenvalue weighted by Gasteiger charge is 2.44. The first kappa shape index (κ1) is 31.3. The van der Waals surface area contributed by atoms with E-state index < -0.39 is 0 Å². The van der Waals surface area contributed by atoms with E-state index in [0.29, 0.717) is 17.9 Å². The van der Waals surface area contributed by atoms with Crippen molar-refractivity contribution >= 4 is 5.69 Å². The van der Waals surface area contributed by atoms with Gasteiger partial charge >= 0.3 is 0 Å². The molecule has 41 heavy (non-hydrogen) atoms. The van der Waals surface area contributed by atoms with Gasteiger partial charge in [0.15, 0.2) is 0 Å². The van der Waals surface area contributed by atoms with Crippen molar-refractivity contribution in [3.63, 3.8) is 0 Å². The fourth-order valence-electron chi connectivity index (χ4n) is 6.80. The lowest BCUT2D eigenvalue weighted by Crippen LogP contribution is -2.55. The molecule has 3 atom stereocenters. The molecule has 2 aromatic rings. The van der Waals surface area contributed by atoms with Crippen molar-refractivity contribution in [1.29, 1.82) is 0 Å². The summed E-state index contributed by atoms with van der Waals surface area (Å²) in [6, 6.07) is 16.3. The lowest BCUT2D eigenvalue weighted by atomic mass is 9.73. The monoisotopic (exact) mass is 555 g/mol. The predicted molar refractivity (Wildman–Crippen MR) is 176 cm³/mol. The molecule has 0 radical (unpaired) electrons. The molecule has 3 unspecified atom stereocenters. The van der Waals surface area contributed by atoms with Crippen LogP contribution in [0.25, 0.3) is 0 Å². The van der Waals surface area contributed by atoms with Gasteiger partial charge in [-0.2, -0.15) is 0 Å². The smallest absolute Gasteiger partial charge is 0.123 e. The number of rotatable bonds is 17. The Labute approximate surface area is 250 Å². The van der Waals surface area contributed by atoms with E-state index in [2.05, 4.69) is 68.7 Å². The van der Waals surface area contributed by atoms with Gasteiger partial charge in [-0.1, -0.05) is 126 Å². The molecular formula is C39H54FN. The van der Waals surface area contributed by atoms with E-state index >= 15 is 0 Å². The SMILES string of the molecule is C=C1C(CCC(C)c2ccc(C)cc2)C(C2=CC=C(CCCCCCCCCCCC)CC2)N1c1ccc(F)cc1. The van der Waals surface area contributed by atoms with Gasteiger partial charge in [-0.25, -0.2) is 4.39 Å². The standard InChI is InChI=1S/C39H54FN/c1-5-6-7-8-9-10-11-12-13-14-15-33-19-23-35(24-20-33)39-38(29-18-31(3)34-21-16-30(2)17-22-34)32(4)41(39)37-27-25-36(40)26-28-37/h16-17,19,21-23,25-28,31,38-39H,4-15,18,20,24,29H2,1-3H3. The van der Waals surface area contributed by atoms with Crippen LogP contribution in [0.1, 0.15) is 127 Å². The minimum absolute atomic E-state index is 0.184. The molecule has 1 nitrogen and oxygen atoms in total. The van der Waals surface area contributed by atoms with E-state index in [1.807, 2.05) is 12.1 Å². The van der Waals surface area contributed by atoms with E-state index in [9.17, 15) is 4.39 Å². The summed E-state index contributed by atoms with van der Waals surface area (Å²) in [4.78, 5) is 2.37. The number of anilines is 1. The number of halogens is 1. The number of allylic oxidation sites excluding steroid dienone is 3. The summed E-state index contributed by atoms with van der Waals surface area (Å²) < 4.78 is 13.7. The topological polar surface area (TPSA) is 3.24 Å². The zero-order valence-corrected chi connectivity index (χ0v) is 26.1. The maximum Gasteiger partial charge on any atom is 0.123 e. The molecule has 0 spiro atoms. The summed E-state index contributed by atoms with van der Waals surface area (Å²) in [6.45, 7) is 11.3. The fraction of sp³-hybridized carbons (Fsp3) is 0.538. The van der Waals surface area contributed by atoms with Crippen LogP contribution in [-0.4, -0.2) is 6.04 Å². The molecule has 0 amide bonds. The first-order valence-corrected chi connectivity index (χ1v) is 16.7. The molecule has 2 heteroatoms. The van der Waals surface area contributed by atoms with Gasteiger partial charge in [0.05, 0.1) is 6.04 Å². The van der Waals surface area contributed by atoms with Crippen LogP contribution < -0.4 is 4.90 Å². The van der Waals surface area contributed by atoms with Crippen LogP contribution in [0.4, 0.5) is 10.1 Å². The molecule has 0 bridgehead atoms.